The van der Waals surface area contributed by atoms with Gasteiger partial charge in [-0.2, -0.15) is 0 Å². The van der Waals surface area contributed by atoms with Gasteiger partial charge in [0, 0.05) is 34.6 Å². The number of benzene rings is 1. The zero-order chi connectivity index (χ0) is 14.8. The Labute approximate surface area is 121 Å². The van der Waals surface area contributed by atoms with Gasteiger partial charge in [0.15, 0.2) is 0 Å². The van der Waals surface area contributed by atoms with Crippen LogP contribution in [0.3, 0.4) is 0 Å². The Balaban J connectivity index is 2.19. The van der Waals surface area contributed by atoms with E-state index >= 15 is 0 Å². The van der Waals surface area contributed by atoms with Gasteiger partial charge in [0.1, 0.15) is 5.65 Å². The standard InChI is InChI=1S/C16H14N4O/c17-13-6-7-19-16-14(13)11(9-20-16)8-12(15(18)21)10-4-2-1-3-5-10/h1-9H,(H2,18,21)(H3,17,19,20). The molecule has 5 N–H and O–H groups in total. The summed E-state index contributed by atoms with van der Waals surface area (Å²) in [5.41, 5.74) is 14.8. The second kappa shape index (κ2) is 5.13. The number of primary amides is 1. The molecule has 1 amide bonds. The Morgan fingerprint density at radius 3 is 2.67 bits per heavy atom. The Bertz CT molecular complexity index is 834. The van der Waals surface area contributed by atoms with E-state index in [1.165, 1.54) is 0 Å². The predicted molar refractivity (Wildman–Crippen MR) is 84.0 cm³/mol. The summed E-state index contributed by atoms with van der Waals surface area (Å²) in [7, 11) is 0. The van der Waals surface area contributed by atoms with Crippen LogP contribution in [0, 0.1) is 0 Å². The van der Waals surface area contributed by atoms with E-state index in [-0.39, 0.29) is 0 Å². The highest BCUT2D eigenvalue weighted by Crippen LogP contribution is 2.26. The SMILES string of the molecule is NC(=O)C(=Cc1c[nH]c2nccc(N)c12)c1ccccc1. The molecule has 5 nitrogen and oxygen atoms in total. The van der Waals surface area contributed by atoms with Gasteiger partial charge in [0.25, 0.3) is 0 Å². The van der Waals surface area contributed by atoms with Crippen molar-refractivity contribution in [2.45, 2.75) is 0 Å². The summed E-state index contributed by atoms with van der Waals surface area (Å²) in [6.07, 6.45) is 5.13. The molecule has 21 heavy (non-hydrogen) atoms. The fraction of sp³-hybridized carbons (Fsp3) is 0. The van der Waals surface area contributed by atoms with Crippen molar-refractivity contribution in [3.05, 3.63) is 59.9 Å². The topological polar surface area (TPSA) is 97.8 Å². The monoisotopic (exact) mass is 278 g/mol. The number of pyridine rings is 1. The van der Waals surface area contributed by atoms with Crippen molar-refractivity contribution in [2.24, 2.45) is 5.73 Å². The van der Waals surface area contributed by atoms with E-state index in [4.69, 9.17) is 11.5 Å². The van der Waals surface area contributed by atoms with Crippen LogP contribution in [0.5, 0.6) is 0 Å². The molecule has 0 aliphatic carbocycles. The van der Waals surface area contributed by atoms with Gasteiger partial charge >= 0.3 is 0 Å². The number of nitrogen functional groups attached to an aromatic ring is 1. The molecule has 0 unspecified atom stereocenters. The minimum atomic E-state index is -0.488. The number of hydrogen-bond donors (Lipinski definition) is 3. The van der Waals surface area contributed by atoms with Crippen LogP contribution in [0.1, 0.15) is 11.1 Å². The molecule has 2 heterocycles. The third-order valence-corrected chi connectivity index (χ3v) is 3.29. The average Bonchev–Trinajstić information content (AvgIpc) is 2.90. The van der Waals surface area contributed by atoms with Crippen molar-refractivity contribution in [1.82, 2.24) is 9.97 Å². The fourth-order valence-electron chi connectivity index (χ4n) is 2.29. The second-order valence-corrected chi connectivity index (χ2v) is 4.66. The lowest BCUT2D eigenvalue weighted by molar-refractivity contribution is -0.112. The fourth-order valence-corrected chi connectivity index (χ4v) is 2.29. The van der Waals surface area contributed by atoms with Gasteiger partial charge in [-0.25, -0.2) is 4.98 Å². The zero-order valence-corrected chi connectivity index (χ0v) is 11.2. The first-order valence-electron chi connectivity index (χ1n) is 6.45. The Morgan fingerprint density at radius 1 is 1.19 bits per heavy atom. The van der Waals surface area contributed by atoms with Gasteiger partial charge in [-0.15, -0.1) is 0 Å². The van der Waals surface area contributed by atoms with E-state index < -0.39 is 5.91 Å². The number of aromatic nitrogens is 2. The van der Waals surface area contributed by atoms with Crippen LogP contribution in [0.15, 0.2) is 48.8 Å². The van der Waals surface area contributed by atoms with Crippen LogP contribution in [0.4, 0.5) is 5.69 Å². The number of amides is 1. The van der Waals surface area contributed by atoms with E-state index in [0.717, 1.165) is 16.5 Å². The lowest BCUT2D eigenvalue weighted by atomic mass is 10.0. The maximum Gasteiger partial charge on any atom is 0.249 e. The highest BCUT2D eigenvalue weighted by atomic mass is 16.1. The van der Waals surface area contributed by atoms with Crippen molar-refractivity contribution in [2.75, 3.05) is 5.73 Å². The summed E-state index contributed by atoms with van der Waals surface area (Å²) < 4.78 is 0. The molecule has 2 aromatic heterocycles. The maximum atomic E-state index is 11.7. The summed E-state index contributed by atoms with van der Waals surface area (Å²) >= 11 is 0. The normalized spacial score (nSPS) is 11.7. The highest BCUT2D eigenvalue weighted by molar-refractivity contribution is 6.24. The van der Waals surface area contributed by atoms with Crippen LogP contribution in [0.25, 0.3) is 22.7 Å². The Hall–Kier alpha value is -3.08. The number of aromatic amines is 1. The quantitative estimate of drug-likeness (QED) is 0.640. The Morgan fingerprint density at radius 2 is 1.95 bits per heavy atom. The number of nitrogens with two attached hydrogens (primary N) is 2. The third kappa shape index (κ3) is 2.36. The first-order valence-corrected chi connectivity index (χ1v) is 6.45. The minimum Gasteiger partial charge on any atom is -0.398 e. The lowest BCUT2D eigenvalue weighted by Crippen LogP contribution is -2.12. The molecule has 0 radical (unpaired) electrons. The number of nitrogens with one attached hydrogen (secondary N) is 1. The van der Waals surface area contributed by atoms with E-state index in [1.807, 2.05) is 30.3 Å². The van der Waals surface area contributed by atoms with Gasteiger partial charge in [-0.05, 0) is 17.7 Å². The number of H-pyrrole nitrogens is 1. The van der Waals surface area contributed by atoms with E-state index in [9.17, 15) is 4.79 Å². The molecule has 3 rings (SSSR count). The van der Waals surface area contributed by atoms with Crippen LogP contribution in [-0.4, -0.2) is 15.9 Å². The number of nitrogens with zero attached hydrogens (tertiary/aromatic N) is 1. The van der Waals surface area contributed by atoms with Crippen LogP contribution >= 0.6 is 0 Å². The predicted octanol–water partition coefficient (Wildman–Crippen LogP) is 2.17. The first kappa shape index (κ1) is 12.9. The molecular weight excluding hydrogens is 264 g/mol. The number of rotatable bonds is 3. The number of hydrogen-bond acceptors (Lipinski definition) is 3. The van der Waals surface area contributed by atoms with Crippen LogP contribution in [-0.2, 0) is 4.79 Å². The molecule has 104 valence electrons. The van der Waals surface area contributed by atoms with Crippen LogP contribution in [0.2, 0.25) is 0 Å². The number of carbonyl (C=O) groups excluding carboxylic acids is 1. The molecule has 0 atom stereocenters. The molecule has 1 aromatic carbocycles. The molecule has 0 spiro atoms. The van der Waals surface area contributed by atoms with Gasteiger partial charge in [-0.3, -0.25) is 4.79 Å². The van der Waals surface area contributed by atoms with Crippen molar-refractivity contribution in [1.29, 1.82) is 0 Å². The van der Waals surface area contributed by atoms with E-state index in [0.29, 0.717) is 16.9 Å². The van der Waals surface area contributed by atoms with Gasteiger partial charge < -0.3 is 16.5 Å². The summed E-state index contributed by atoms with van der Waals surface area (Å²) in [5, 5.41) is 0.784. The first-order chi connectivity index (χ1) is 10.2. The Kier molecular flexibility index (Phi) is 3.16. The van der Waals surface area contributed by atoms with Crippen molar-refractivity contribution in [3.8, 4) is 0 Å². The van der Waals surface area contributed by atoms with Gasteiger partial charge in [0.05, 0.1) is 0 Å². The molecular formula is C16H14N4O. The summed E-state index contributed by atoms with van der Waals surface area (Å²) in [6, 6.07) is 11.0. The van der Waals surface area contributed by atoms with Crippen LogP contribution < -0.4 is 11.5 Å². The number of carbonyl (C=O) groups is 1. The molecule has 0 aliphatic rings. The molecule has 3 aromatic rings. The smallest absolute Gasteiger partial charge is 0.249 e. The third-order valence-electron chi connectivity index (χ3n) is 3.29. The maximum absolute atomic E-state index is 11.7. The molecule has 0 saturated carbocycles. The number of anilines is 1. The second-order valence-electron chi connectivity index (χ2n) is 4.66. The average molecular weight is 278 g/mol. The lowest BCUT2D eigenvalue weighted by Gasteiger charge is -2.04. The van der Waals surface area contributed by atoms with E-state index in [2.05, 4.69) is 9.97 Å². The minimum absolute atomic E-state index is 0.430. The van der Waals surface area contributed by atoms with Crippen molar-refractivity contribution >= 4 is 34.3 Å². The van der Waals surface area contributed by atoms with Crippen molar-refractivity contribution < 1.29 is 4.79 Å². The largest absolute Gasteiger partial charge is 0.398 e. The summed E-state index contributed by atoms with van der Waals surface area (Å²) in [4.78, 5) is 19.0. The molecule has 0 aliphatic heterocycles. The van der Waals surface area contributed by atoms with Gasteiger partial charge in [0.2, 0.25) is 5.91 Å². The summed E-state index contributed by atoms with van der Waals surface area (Å²) in [5.74, 6) is -0.488. The van der Waals surface area contributed by atoms with Gasteiger partial charge in [-0.1, -0.05) is 30.3 Å². The van der Waals surface area contributed by atoms with Crippen molar-refractivity contribution in [3.63, 3.8) is 0 Å². The molecule has 5 heteroatoms. The molecule has 0 saturated heterocycles. The van der Waals surface area contributed by atoms with E-state index in [1.54, 1.807) is 24.5 Å². The summed E-state index contributed by atoms with van der Waals surface area (Å²) in [6.45, 7) is 0. The molecule has 0 bridgehead atoms. The number of fused-ring (bicyclic) bond motifs is 1. The highest BCUT2D eigenvalue weighted by Gasteiger charge is 2.11. The molecule has 0 fully saturated rings. The zero-order valence-electron chi connectivity index (χ0n) is 11.2.